The van der Waals surface area contributed by atoms with Gasteiger partial charge in [0.15, 0.2) is 5.13 Å². The largest absolute Gasteiger partial charge is 0.345 e. The summed E-state index contributed by atoms with van der Waals surface area (Å²) in [5.74, 6) is 4.14. The summed E-state index contributed by atoms with van der Waals surface area (Å²) in [4.78, 5) is 22.1. The number of anilines is 1. The number of nitrogens with zero attached hydrogens (tertiary/aromatic N) is 3. The van der Waals surface area contributed by atoms with Crippen LogP contribution in [0.3, 0.4) is 0 Å². The summed E-state index contributed by atoms with van der Waals surface area (Å²) < 4.78 is 0. The summed E-state index contributed by atoms with van der Waals surface area (Å²) in [6, 6.07) is 0. The van der Waals surface area contributed by atoms with Gasteiger partial charge in [-0.15, -0.1) is 11.3 Å². The average Bonchev–Trinajstić information content (AvgIpc) is 3.08. The molecule has 0 atom stereocenters. The molecule has 1 aromatic rings. The van der Waals surface area contributed by atoms with Gasteiger partial charge in [-0.05, 0) is 55.8 Å². The number of thiazole rings is 1. The van der Waals surface area contributed by atoms with Crippen LogP contribution in [-0.4, -0.2) is 42.0 Å². The Balaban J connectivity index is 1.25. The molecule has 124 valence electrons. The number of rotatable bonds is 2. The van der Waals surface area contributed by atoms with Crippen LogP contribution in [0, 0.1) is 29.6 Å². The Hall–Kier alpha value is -1.10. The van der Waals surface area contributed by atoms with E-state index in [4.69, 9.17) is 0 Å². The van der Waals surface area contributed by atoms with Gasteiger partial charge in [0.25, 0.3) is 0 Å². The van der Waals surface area contributed by atoms with E-state index in [1.807, 2.05) is 11.6 Å². The molecule has 4 nitrogen and oxygen atoms in total. The van der Waals surface area contributed by atoms with Crippen LogP contribution in [0.25, 0.3) is 0 Å². The predicted molar refractivity (Wildman–Crippen MR) is 91.4 cm³/mol. The van der Waals surface area contributed by atoms with Crippen molar-refractivity contribution in [1.82, 2.24) is 9.88 Å². The van der Waals surface area contributed by atoms with Gasteiger partial charge >= 0.3 is 0 Å². The minimum Gasteiger partial charge on any atom is -0.345 e. The Labute approximate surface area is 141 Å². The average molecular weight is 331 g/mol. The smallest absolute Gasteiger partial charge is 0.226 e. The Bertz CT molecular complexity index is 551. The van der Waals surface area contributed by atoms with E-state index in [-0.39, 0.29) is 0 Å². The van der Waals surface area contributed by atoms with Gasteiger partial charge in [0.05, 0.1) is 0 Å². The van der Waals surface area contributed by atoms with Crippen LogP contribution >= 0.6 is 11.3 Å². The van der Waals surface area contributed by atoms with Crippen molar-refractivity contribution in [3.8, 4) is 0 Å². The van der Waals surface area contributed by atoms with E-state index in [1.54, 1.807) is 11.3 Å². The third-order valence-corrected chi connectivity index (χ3v) is 7.63. The summed E-state index contributed by atoms with van der Waals surface area (Å²) in [6.07, 6.45) is 8.67. The van der Waals surface area contributed by atoms with Gasteiger partial charge in [0.1, 0.15) is 0 Å². The van der Waals surface area contributed by atoms with Crippen molar-refractivity contribution in [2.24, 2.45) is 29.6 Å². The van der Waals surface area contributed by atoms with E-state index in [9.17, 15) is 4.79 Å². The van der Waals surface area contributed by atoms with Gasteiger partial charge in [-0.2, -0.15) is 0 Å². The third-order valence-electron chi connectivity index (χ3n) is 6.79. The number of hydrogen-bond donors (Lipinski definition) is 0. The molecule has 5 aliphatic rings. The van der Waals surface area contributed by atoms with E-state index >= 15 is 0 Å². The lowest BCUT2D eigenvalue weighted by molar-refractivity contribution is -0.149. The second-order valence-corrected chi connectivity index (χ2v) is 8.96. The van der Waals surface area contributed by atoms with Crippen molar-refractivity contribution < 1.29 is 4.79 Å². The molecule has 1 aliphatic heterocycles. The molecule has 0 aromatic carbocycles. The highest BCUT2D eigenvalue weighted by atomic mass is 32.1. The molecular formula is C18H25N3OS. The van der Waals surface area contributed by atoms with Crippen LogP contribution < -0.4 is 4.90 Å². The van der Waals surface area contributed by atoms with Gasteiger partial charge in [-0.3, -0.25) is 4.79 Å². The molecule has 0 spiro atoms. The maximum atomic E-state index is 13.2. The van der Waals surface area contributed by atoms with Crippen molar-refractivity contribution in [1.29, 1.82) is 0 Å². The lowest BCUT2D eigenvalue weighted by atomic mass is 9.51. The van der Waals surface area contributed by atoms with Crippen molar-refractivity contribution in [3.05, 3.63) is 11.6 Å². The maximum absolute atomic E-state index is 13.2. The van der Waals surface area contributed by atoms with Crippen LogP contribution in [0.1, 0.15) is 32.1 Å². The normalized spacial score (nSPS) is 39.0. The van der Waals surface area contributed by atoms with Gasteiger partial charge in [-0.1, -0.05) is 0 Å². The molecule has 4 saturated carbocycles. The second-order valence-electron chi connectivity index (χ2n) is 8.08. The zero-order valence-corrected chi connectivity index (χ0v) is 14.4. The number of amides is 1. The highest BCUT2D eigenvalue weighted by Gasteiger charge is 2.51. The number of carbonyl (C=O) groups is 1. The molecule has 0 radical (unpaired) electrons. The molecule has 5 heteroatoms. The fraction of sp³-hybridized carbons (Fsp3) is 0.778. The lowest BCUT2D eigenvalue weighted by Gasteiger charge is -2.54. The Morgan fingerprint density at radius 1 is 1.00 bits per heavy atom. The molecule has 4 aliphatic carbocycles. The van der Waals surface area contributed by atoms with Crippen molar-refractivity contribution in [3.63, 3.8) is 0 Å². The molecule has 4 bridgehead atoms. The number of hydrogen-bond acceptors (Lipinski definition) is 4. The summed E-state index contributed by atoms with van der Waals surface area (Å²) in [5.41, 5.74) is 0. The molecule has 1 saturated heterocycles. The summed E-state index contributed by atoms with van der Waals surface area (Å²) in [5, 5.41) is 3.13. The first-order valence-corrected chi connectivity index (χ1v) is 10.1. The van der Waals surface area contributed by atoms with Crippen LogP contribution in [0.15, 0.2) is 11.6 Å². The van der Waals surface area contributed by atoms with Crippen LogP contribution in [-0.2, 0) is 4.79 Å². The highest BCUT2D eigenvalue weighted by molar-refractivity contribution is 7.13. The standard InChI is InChI=1S/C18H25N3OS/c22-17(16-14-8-12-7-13(10-14)11-15(16)9-12)20-2-4-21(5-3-20)18-19-1-6-23-18/h1,6,12-16H,2-5,7-11H2. The first-order chi connectivity index (χ1) is 11.3. The first-order valence-electron chi connectivity index (χ1n) is 9.21. The van der Waals surface area contributed by atoms with Gasteiger partial charge in [-0.25, -0.2) is 4.98 Å². The molecule has 1 amide bonds. The molecule has 23 heavy (non-hydrogen) atoms. The molecule has 6 rings (SSSR count). The van der Waals surface area contributed by atoms with E-state index in [2.05, 4.69) is 14.8 Å². The Kier molecular flexibility index (Phi) is 3.39. The van der Waals surface area contributed by atoms with Crippen LogP contribution in [0.4, 0.5) is 5.13 Å². The predicted octanol–water partition coefficient (Wildman–Crippen LogP) is 2.86. The quantitative estimate of drug-likeness (QED) is 0.836. The molecular weight excluding hydrogens is 306 g/mol. The third kappa shape index (κ3) is 2.39. The number of aromatic nitrogens is 1. The van der Waals surface area contributed by atoms with Crippen molar-refractivity contribution in [2.75, 3.05) is 31.1 Å². The molecule has 5 fully saturated rings. The van der Waals surface area contributed by atoms with E-state index in [0.29, 0.717) is 23.7 Å². The van der Waals surface area contributed by atoms with E-state index in [0.717, 1.165) is 43.1 Å². The fourth-order valence-electron chi connectivity index (χ4n) is 6.03. The zero-order chi connectivity index (χ0) is 15.4. The van der Waals surface area contributed by atoms with Crippen LogP contribution in [0.2, 0.25) is 0 Å². The molecule has 2 heterocycles. The van der Waals surface area contributed by atoms with Gasteiger partial charge < -0.3 is 9.80 Å². The zero-order valence-electron chi connectivity index (χ0n) is 13.6. The lowest BCUT2D eigenvalue weighted by Crippen LogP contribution is -2.56. The minimum atomic E-state index is 0.356. The monoisotopic (exact) mass is 331 g/mol. The van der Waals surface area contributed by atoms with E-state index < -0.39 is 0 Å². The molecule has 1 aromatic heterocycles. The first kappa shape index (κ1) is 14.3. The number of carbonyl (C=O) groups excluding carboxylic acids is 1. The SMILES string of the molecule is O=C(C1C2CC3CC(C2)CC1C3)N1CCN(c2nccs2)CC1. The highest BCUT2D eigenvalue weighted by Crippen LogP contribution is 2.56. The Morgan fingerprint density at radius 3 is 2.22 bits per heavy atom. The maximum Gasteiger partial charge on any atom is 0.226 e. The fourth-order valence-corrected chi connectivity index (χ4v) is 6.73. The number of piperazine rings is 1. The molecule has 0 unspecified atom stereocenters. The summed E-state index contributed by atoms with van der Waals surface area (Å²) in [6.45, 7) is 3.63. The summed E-state index contributed by atoms with van der Waals surface area (Å²) >= 11 is 1.70. The van der Waals surface area contributed by atoms with E-state index in [1.165, 1.54) is 32.1 Å². The van der Waals surface area contributed by atoms with Crippen molar-refractivity contribution >= 4 is 22.4 Å². The van der Waals surface area contributed by atoms with Crippen molar-refractivity contribution in [2.45, 2.75) is 32.1 Å². The topological polar surface area (TPSA) is 36.4 Å². The Morgan fingerprint density at radius 2 is 1.65 bits per heavy atom. The second kappa shape index (κ2) is 5.47. The summed E-state index contributed by atoms with van der Waals surface area (Å²) in [7, 11) is 0. The molecule has 0 N–H and O–H groups in total. The van der Waals surface area contributed by atoms with Crippen LogP contribution in [0.5, 0.6) is 0 Å². The van der Waals surface area contributed by atoms with Gasteiger partial charge in [0, 0.05) is 43.7 Å². The minimum absolute atomic E-state index is 0.356. The van der Waals surface area contributed by atoms with Gasteiger partial charge in [0.2, 0.25) is 5.91 Å².